The van der Waals surface area contributed by atoms with E-state index in [-0.39, 0.29) is 18.3 Å². The van der Waals surface area contributed by atoms with E-state index in [1.807, 2.05) is 0 Å². The predicted molar refractivity (Wildman–Crippen MR) is 141 cm³/mol. The molecule has 2 atom stereocenters. The standard InChI is InChI=1S/C17H26BNO2.C10H12BrN/c1-16(2)17(3,4)21-18(20-16)14-10-8-13(9-11-14)15-7-6-12-19(15)5;11-9-5-3-8(4-6-9)10-2-1-7-12-10/h8-11,15H,6-7,12H2,1-5H3;3-6,10,12H,1-2,7H2. The number of halogens is 1. The van der Waals surface area contributed by atoms with Crippen LogP contribution in [0.3, 0.4) is 0 Å². The van der Waals surface area contributed by atoms with Crippen molar-refractivity contribution in [3.8, 4) is 0 Å². The first kappa shape index (κ1) is 24.9. The highest BCUT2D eigenvalue weighted by Crippen LogP contribution is 2.37. The Bertz CT molecular complexity index is 895. The lowest BCUT2D eigenvalue weighted by atomic mass is 9.78. The van der Waals surface area contributed by atoms with Gasteiger partial charge in [-0.2, -0.15) is 0 Å². The third-order valence-corrected chi connectivity index (χ3v) is 8.23. The van der Waals surface area contributed by atoms with E-state index >= 15 is 0 Å². The highest BCUT2D eigenvalue weighted by molar-refractivity contribution is 9.10. The van der Waals surface area contributed by atoms with Crippen LogP contribution in [0.5, 0.6) is 0 Å². The summed E-state index contributed by atoms with van der Waals surface area (Å²) in [6, 6.07) is 18.5. The number of nitrogens with one attached hydrogen (secondary N) is 1. The average molecular weight is 513 g/mol. The number of benzene rings is 2. The molecule has 5 rings (SSSR count). The first-order chi connectivity index (χ1) is 15.7. The Hall–Kier alpha value is -1.18. The molecule has 2 aromatic rings. The Morgan fingerprint density at radius 2 is 1.48 bits per heavy atom. The number of likely N-dealkylation sites (tertiary alicyclic amines) is 1. The summed E-state index contributed by atoms with van der Waals surface area (Å²) in [5, 5.41) is 3.48. The third kappa shape index (κ3) is 5.74. The van der Waals surface area contributed by atoms with Gasteiger partial charge in [0.1, 0.15) is 0 Å². The topological polar surface area (TPSA) is 33.7 Å². The third-order valence-electron chi connectivity index (χ3n) is 7.70. The van der Waals surface area contributed by atoms with Crippen LogP contribution in [0.25, 0.3) is 0 Å². The van der Waals surface area contributed by atoms with Crippen LogP contribution < -0.4 is 10.8 Å². The van der Waals surface area contributed by atoms with Crippen molar-refractivity contribution >= 4 is 28.5 Å². The zero-order valence-electron chi connectivity index (χ0n) is 20.7. The van der Waals surface area contributed by atoms with E-state index in [9.17, 15) is 0 Å². The van der Waals surface area contributed by atoms with Gasteiger partial charge in [-0.05, 0) is 102 Å². The quantitative estimate of drug-likeness (QED) is 0.540. The van der Waals surface area contributed by atoms with Gasteiger partial charge in [-0.1, -0.05) is 52.3 Å². The van der Waals surface area contributed by atoms with Gasteiger partial charge in [-0.3, -0.25) is 4.90 Å². The highest BCUT2D eigenvalue weighted by Gasteiger charge is 2.51. The first-order valence-corrected chi connectivity index (χ1v) is 13.1. The van der Waals surface area contributed by atoms with Gasteiger partial charge in [0.25, 0.3) is 0 Å². The van der Waals surface area contributed by atoms with E-state index in [0.717, 1.165) is 9.94 Å². The lowest BCUT2D eigenvalue weighted by Gasteiger charge is -2.32. The zero-order chi connectivity index (χ0) is 23.6. The summed E-state index contributed by atoms with van der Waals surface area (Å²) in [5.74, 6) is 0. The molecule has 2 aromatic carbocycles. The van der Waals surface area contributed by atoms with E-state index < -0.39 is 0 Å². The second-order valence-corrected chi connectivity index (χ2v) is 11.5. The molecule has 1 N–H and O–H groups in total. The van der Waals surface area contributed by atoms with Crippen molar-refractivity contribution < 1.29 is 9.31 Å². The minimum Gasteiger partial charge on any atom is -0.399 e. The normalized spacial score (nSPS) is 26.3. The van der Waals surface area contributed by atoms with Gasteiger partial charge in [-0.25, -0.2) is 0 Å². The Labute approximate surface area is 208 Å². The molecule has 0 radical (unpaired) electrons. The van der Waals surface area contributed by atoms with Crippen molar-refractivity contribution in [1.82, 2.24) is 10.2 Å². The zero-order valence-corrected chi connectivity index (χ0v) is 22.3. The molecule has 2 unspecified atom stereocenters. The molecule has 178 valence electrons. The van der Waals surface area contributed by atoms with E-state index in [1.165, 1.54) is 49.9 Å². The van der Waals surface area contributed by atoms with Crippen molar-refractivity contribution in [3.05, 3.63) is 64.1 Å². The van der Waals surface area contributed by atoms with Crippen molar-refractivity contribution in [2.75, 3.05) is 20.1 Å². The van der Waals surface area contributed by atoms with Gasteiger partial charge in [-0.15, -0.1) is 0 Å². The van der Waals surface area contributed by atoms with Gasteiger partial charge in [0.15, 0.2) is 0 Å². The van der Waals surface area contributed by atoms with E-state index in [0.29, 0.717) is 12.1 Å². The molecule has 6 heteroatoms. The van der Waals surface area contributed by atoms with Crippen molar-refractivity contribution in [1.29, 1.82) is 0 Å². The minimum absolute atomic E-state index is 0.259. The summed E-state index contributed by atoms with van der Waals surface area (Å²) >= 11 is 3.43. The van der Waals surface area contributed by atoms with Gasteiger partial charge >= 0.3 is 7.12 Å². The van der Waals surface area contributed by atoms with Crippen molar-refractivity contribution in [2.24, 2.45) is 0 Å². The smallest absolute Gasteiger partial charge is 0.399 e. The number of hydrogen-bond acceptors (Lipinski definition) is 4. The second kappa shape index (κ2) is 10.2. The Kier molecular flexibility index (Phi) is 7.71. The predicted octanol–water partition coefficient (Wildman–Crippen LogP) is 5.63. The SMILES string of the molecule is Brc1ccc(C2CCCN2)cc1.CN1CCCC1c1ccc(B2OC(C)(C)C(C)(C)O2)cc1. The maximum absolute atomic E-state index is 6.10. The van der Waals surface area contributed by atoms with E-state index in [1.54, 1.807) is 0 Å². The molecule has 3 aliphatic rings. The minimum atomic E-state index is -0.276. The number of rotatable bonds is 3. The summed E-state index contributed by atoms with van der Waals surface area (Å²) in [4.78, 5) is 2.43. The van der Waals surface area contributed by atoms with Gasteiger partial charge in [0.05, 0.1) is 11.2 Å². The fourth-order valence-electron chi connectivity index (χ4n) is 4.85. The highest BCUT2D eigenvalue weighted by atomic mass is 79.9. The summed E-state index contributed by atoms with van der Waals surface area (Å²) < 4.78 is 13.4. The number of nitrogens with zero attached hydrogens (tertiary/aromatic N) is 1. The largest absolute Gasteiger partial charge is 0.494 e. The molecule has 33 heavy (non-hydrogen) atoms. The lowest BCUT2D eigenvalue weighted by molar-refractivity contribution is 0.00578. The first-order valence-electron chi connectivity index (χ1n) is 12.3. The average Bonchev–Trinajstić information content (AvgIpc) is 3.50. The molecular formula is C27H38BBrN2O2. The fraction of sp³-hybridized carbons (Fsp3) is 0.556. The van der Waals surface area contributed by atoms with Gasteiger partial charge in [0.2, 0.25) is 0 Å². The molecule has 3 fully saturated rings. The maximum atomic E-state index is 6.10. The van der Waals surface area contributed by atoms with Crippen LogP contribution in [0.2, 0.25) is 0 Å². The van der Waals surface area contributed by atoms with Crippen molar-refractivity contribution in [3.63, 3.8) is 0 Å². The summed E-state index contributed by atoms with van der Waals surface area (Å²) in [5.41, 5.74) is 3.37. The molecule has 0 aliphatic carbocycles. The molecule has 0 spiro atoms. The van der Waals surface area contributed by atoms with Crippen LogP contribution in [-0.2, 0) is 9.31 Å². The second-order valence-electron chi connectivity index (χ2n) is 10.6. The van der Waals surface area contributed by atoms with Crippen LogP contribution in [0.1, 0.15) is 76.6 Å². The van der Waals surface area contributed by atoms with Gasteiger partial charge in [0, 0.05) is 16.6 Å². The number of hydrogen-bond donors (Lipinski definition) is 1. The summed E-state index contributed by atoms with van der Waals surface area (Å²) in [6.45, 7) is 10.7. The Morgan fingerprint density at radius 3 is 2.00 bits per heavy atom. The maximum Gasteiger partial charge on any atom is 0.494 e. The van der Waals surface area contributed by atoms with Crippen LogP contribution in [0.15, 0.2) is 53.0 Å². The summed E-state index contributed by atoms with van der Waals surface area (Å²) in [6.07, 6.45) is 5.13. The van der Waals surface area contributed by atoms with Crippen LogP contribution in [0, 0.1) is 0 Å². The molecule has 3 aliphatic heterocycles. The van der Waals surface area contributed by atoms with Crippen LogP contribution >= 0.6 is 15.9 Å². The Balaban J connectivity index is 0.000000183. The van der Waals surface area contributed by atoms with Crippen molar-refractivity contribution in [2.45, 2.75) is 76.7 Å². The lowest BCUT2D eigenvalue weighted by Crippen LogP contribution is -2.41. The van der Waals surface area contributed by atoms with Gasteiger partial charge < -0.3 is 14.6 Å². The molecule has 0 aromatic heterocycles. The van der Waals surface area contributed by atoms with E-state index in [2.05, 4.69) is 109 Å². The van der Waals surface area contributed by atoms with E-state index in [4.69, 9.17) is 9.31 Å². The Morgan fingerprint density at radius 1 is 0.879 bits per heavy atom. The molecule has 3 heterocycles. The van der Waals surface area contributed by atoms with Crippen LogP contribution in [-0.4, -0.2) is 43.4 Å². The molecule has 0 bridgehead atoms. The summed E-state index contributed by atoms with van der Waals surface area (Å²) in [7, 11) is 1.95. The molecule has 3 saturated heterocycles. The molecule has 0 amide bonds. The van der Waals surface area contributed by atoms with Crippen LogP contribution in [0.4, 0.5) is 0 Å². The molecule has 0 saturated carbocycles. The monoisotopic (exact) mass is 512 g/mol. The molecule has 4 nitrogen and oxygen atoms in total. The fourth-order valence-corrected chi connectivity index (χ4v) is 5.11. The molecular weight excluding hydrogens is 475 g/mol.